The molecular formula is C10H8Cl4. The van der Waals surface area contributed by atoms with Gasteiger partial charge in [-0.25, -0.2) is 0 Å². The molecular weight excluding hydrogens is 262 g/mol. The number of allylic oxidation sites excluding steroid dienone is 6. The highest BCUT2D eigenvalue weighted by Gasteiger charge is 2.14. The molecule has 0 N–H and O–H groups in total. The molecule has 0 aliphatic rings. The van der Waals surface area contributed by atoms with E-state index in [4.69, 9.17) is 46.4 Å². The van der Waals surface area contributed by atoms with Gasteiger partial charge in [0.2, 0.25) is 0 Å². The lowest BCUT2D eigenvalue weighted by Crippen LogP contribution is -1.92. The molecule has 0 saturated carbocycles. The summed E-state index contributed by atoms with van der Waals surface area (Å²) < 4.78 is 0. The van der Waals surface area contributed by atoms with Crippen molar-refractivity contribution in [3.05, 3.63) is 57.6 Å². The van der Waals surface area contributed by atoms with Crippen molar-refractivity contribution >= 4 is 46.4 Å². The molecule has 0 bridgehead atoms. The average molecular weight is 270 g/mol. The van der Waals surface area contributed by atoms with Crippen LogP contribution in [0.2, 0.25) is 0 Å². The lowest BCUT2D eigenvalue weighted by Gasteiger charge is -2.11. The Hall–Kier alpha value is -0.140. The third-order valence-electron chi connectivity index (χ3n) is 1.34. The monoisotopic (exact) mass is 268 g/mol. The molecule has 76 valence electrons. The van der Waals surface area contributed by atoms with E-state index in [-0.39, 0.29) is 20.1 Å². The molecule has 0 nitrogen and oxygen atoms in total. The van der Waals surface area contributed by atoms with Crippen LogP contribution in [-0.2, 0) is 0 Å². The topological polar surface area (TPSA) is 0 Å². The first-order valence-electron chi connectivity index (χ1n) is 3.42. The van der Waals surface area contributed by atoms with E-state index in [1.165, 1.54) is 0 Å². The fraction of sp³-hybridized carbons (Fsp3) is 0. The largest absolute Gasteiger partial charge is 0.0843 e. The van der Waals surface area contributed by atoms with Crippen molar-refractivity contribution in [3.8, 4) is 0 Å². The first-order valence-corrected chi connectivity index (χ1v) is 4.93. The number of hydrogen-bond donors (Lipinski definition) is 0. The van der Waals surface area contributed by atoms with E-state index < -0.39 is 0 Å². The summed E-state index contributed by atoms with van der Waals surface area (Å²) in [5.41, 5.74) is 0.710. The van der Waals surface area contributed by atoms with E-state index in [9.17, 15) is 0 Å². The molecule has 0 aliphatic carbocycles. The standard InChI is InChI=1S/C10H8Cl4/c1-5(11)9(6(2)12)10(7(3)13)8(4)14/h1-4H2. The molecule has 0 saturated heterocycles. The fourth-order valence-corrected chi connectivity index (χ4v) is 1.77. The van der Waals surface area contributed by atoms with Crippen molar-refractivity contribution in [2.45, 2.75) is 0 Å². The summed E-state index contributed by atoms with van der Waals surface area (Å²) >= 11 is 22.9. The zero-order valence-electron chi connectivity index (χ0n) is 7.34. The molecule has 4 heteroatoms. The highest BCUT2D eigenvalue weighted by Crippen LogP contribution is 2.35. The highest BCUT2D eigenvalue weighted by atomic mass is 35.5. The van der Waals surface area contributed by atoms with E-state index in [1.807, 2.05) is 0 Å². The van der Waals surface area contributed by atoms with Crippen LogP contribution in [0.1, 0.15) is 0 Å². The molecule has 0 fully saturated rings. The van der Waals surface area contributed by atoms with Crippen molar-refractivity contribution in [1.82, 2.24) is 0 Å². The molecule has 0 heterocycles. The van der Waals surface area contributed by atoms with Crippen molar-refractivity contribution in [1.29, 1.82) is 0 Å². The summed E-state index contributed by atoms with van der Waals surface area (Å²) in [6.45, 7) is 14.1. The quantitative estimate of drug-likeness (QED) is 0.608. The highest BCUT2D eigenvalue weighted by molar-refractivity contribution is 6.41. The maximum atomic E-state index is 5.72. The summed E-state index contributed by atoms with van der Waals surface area (Å²) in [6, 6.07) is 0. The predicted molar refractivity (Wildman–Crippen MR) is 67.0 cm³/mol. The van der Waals surface area contributed by atoms with Crippen molar-refractivity contribution in [2.24, 2.45) is 0 Å². The van der Waals surface area contributed by atoms with E-state index >= 15 is 0 Å². The Bertz CT molecular complexity index is 281. The van der Waals surface area contributed by atoms with Crippen molar-refractivity contribution in [3.63, 3.8) is 0 Å². The van der Waals surface area contributed by atoms with Gasteiger partial charge in [0, 0.05) is 31.3 Å². The third kappa shape index (κ3) is 3.55. The second-order valence-corrected chi connectivity index (χ2v) is 4.19. The smallest absolute Gasteiger partial charge is 0.0428 e. The van der Waals surface area contributed by atoms with Gasteiger partial charge >= 0.3 is 0 Å². The van der Waals surface area contributed by atoms with Crippen molar-refractivity contribution < 1.29 is 0 Å². The second kappa shape index (κ2) is 5.67. The molecule has 0 spiro atoms. The van der Waals surface area contributed by atoms with Crippen LogP contribution in [0, 0.1) is 0 Å². The molecule has 0 aromatic heterocycles. The molecule has 0 rings (SSSR count). The lowest BCUT2D eigenvalue weighted by atomic mass is 10.1. The van der Waals surface area contributed by atoms with Crippen LogP contribution < -0.4 is 0 Å². The Morgan fingerprint density at radius 1 is 0.500 bits per heavy atom. The van der Waals surface area contributed by atoms with Crippen LogP contribution >= 0.6 is 46.4 Å². The first kappa shape index (κ1) is 13.9. The normalized spacial score (nSPS) is 9.14. The van der Waals surface area contributed by atoms with Gasteiger partial charge in [0.15, 0.2) is 0 Å². The van der Waals surface area contributed by atoms with E-state index in [2.05, 4.69) is 26.3 Å². The van der Waals surface area contributed by atoms with Crippen LogP contribution in [0.25, 0.3) is 0 Å². The minimum absolute atomic E-state index is 0.184. The van der Waals surface area contributed by atoms with Crippen LogP contribution in [0.4, 0.5) is 0 Å². The van der Waals surface area contributed by atoms with Crippen molar-refractivity contribution in [2.75, 3.05) is 0 Å². The Balaban J connectivity index is 5.76. The Kier molecular flexibility index (Phi) is 5.61. The van der Waals surface area contributed by atoms with Gasteiger partial charge in [-0.15, -0.1) is 0 Å². The van der Waals surface area contributed by atoms with Gasteiger partial charge in [0.25, 0.3) is 0 Å². The third-order valence-corrected chi connectivity index (χ3v) is 2.09. The Labute approximate surface area is 104 Å². The van der Waals surface area contributed by atoms with E-state index in [0.717, 1.165) is 0 Å². The van der Waals surface area contributed by atoms with Crippen LogP contribution in [-0.4, -0.2) is 0 Å². The molecule has 14 heavy (non-hydrogen) atoms. The van der Waals surface area contributed by atoms with E-state index in [0.29, 0.717) is 11.1 Å². The average Bonchev–Trinajstić information content (AvgIpc) is 1.96. The van der Waals surface area contributed by atoms with Gasteiger partial charge in [0.1, 0.15) is 0 Å². The fourth-order valence-electron chi connectivity index (χ4n) is 0.837. The lowest BCUT2D eigenvalue weighted by molar-refractivity contribution is 1.50. The summed E-state index contributed by atoms with van der Waals surface area (Å²) in [4.78, 5) is 0. The van der Waals surface area contributed by atoms with Gasteiger partial charge in [0.05, 0.1) is 0 Å². The van der Waals surface area contributed by atoms with Crippen LogP contribution in [0.3, 0.4) is 0 Å². The molecule has 0 aromatic carbocycles. The second-order valence-electron chi connectivity index (χ2n) is 2.37. The summed E-state index contributed by atoms with van der Waals surface area (Å²) in [6.07, 6.45) is 0. The molecule has 0 aromatic rings. The van der Waals surface area contributed by atoms with E-state index in [1.54, 1.807) is 0 Å². The number of rotatable bonds is 4. The molecule has 0 unspecified atom stereocenters. The zero-order valence-corrected chi connectivity index (χ0v) is 10.4. The molecule has 0 atom stereocenters. The van der Waals surface area contributed by atoms with Crippen LogP contribution in [0.15, 0.2) is 57.6 Å². The first-order chi connectivity index (χ1) is 6.29. The molecule has 0 aliphatic heterocycles. The minimum atomic E-state index is 0.184. The van der Waals surface area contributed by atoms with Crippen LogP contribution in [0.5, 0.6) is 0 Å². The van der Waals surface area contributed by atoms with Gasteiger partial charge in [-0.2, -0.15) is 0 Å². The number of halogens is 4. The van der Waals surface area contributed by atoms with Gasteiger partial charge < -0.3 is 0 Å². The van der Waals surface area contributed by atoms with Gasteiger partial charge in [-0.3, -0.25) is 0 Å². The molecule has 0 amide bonds. The maximum absolute atomic E-state index is 5.72. The number of hydrogen-bond acceptors (Lipinski definition) is 0. The maximum Gasteiger partial charge on any atom is 0.0428 e. The molecule has 0 radical (unpaired) electrons. The SMILES string of the molecule is C=C(Cl)C(C(=C)Cl)=C(C(=C)Cl)C(=C)Cl. The van der Waals surface area contributed by atoms with Gasteiger partial charge in [-0.05, 0) is 0 Å². The zero-order chi connectivity index (χ0) is 11.5. The van der Waals surface area contributed by atoms with Gasteiger partial charge in [-0.1, -0.05) is 72.7 Å². The predicted octanol–water partition coefficient (Wildman–Crippen LogP) is 5.29. The summed E-state index contributed by atoms with van der Waals surface area (Å²) in [5, 5.41) is 0.736. The summed E-state index contributed by atoms with van der Waals surface area (Å²) in [5.74, 6) is 0. The Morgan fingerprint density at radius 3 is 0.714 bits per heavy atom. The Morgan fingerprint density at radius 2 is 0.643 bits per heavy atom. The minimum Gasteiger partial charge on any atom is -0.0843 e. The summed E-state index contributed by atoms with van der Waals surface area (Å²) in [7, 11) is 0.